The fourth-order valence-corrected chi connectivity index (χ4v) is 4.63. The van der Waals surface area contributed by atoms with Gasteiger partial charge in [-0.15, -0.1) is 0 Å². The van der Waals surface area contributed by atoms with Gasteiger partial charge < -0.3 is 5.32 Å². The van der Waals surface area contributed by atoms with Gasteiger partial charge in [-0.1, -0.05) is 18.6 Å². The molecular formula is C19H19F3N2O3S. The lowest BCUT2D eigenvalue weighted by atomic mass is 10.1. The number of hydrogen-bond acceptors (Lipinski definition) is 3. The predicted molar refractivity (Wildman–Crippen MR) is 96.5 cm³/mol. The van der Waals surface area contributed by atoms with Crippen molar-refractivity contribution in [3.05, 3.63) is 65.0 Å². The maximum absolute atomic E-state index is 13.3. The van der Waals surface area contributed by atoms with E-state index in [-0.39, 0.29) is 17.0 Å². The van der Waals surface area contributed by atoms with E-state index in [0.29, 0.717) is 30.8 Å². The second-order valence-corrected chi connectivity index (χ2v) is 8.49. The summed E-state index contributed by atoms with van der Waals surface area (Å²) in [6.07, 6.45) is 2.64. The fraction of sp³-hybridized carbons (Fsp3) is 0.316. The van der Waals surface area contributed by atoms with Gasteiger partial charge in [0.05, 0.1) is 4.90 Å². The molecule has 1 fully saturated rings. The summed E-state index contributed by atoms with van der Waals surface area (Å²) < 4.78 is 66.4. The Kier molecular flexibility index (Phi) is 6.04. The minimum Gasteiger partial charge on any atom is -0.348 e. The minimum atomic E-state index is -3.61. The van der Waals surface area contributed by atoms with Gasteiger partial charge in [0.2, 0.25) is 10.0 Å². The smallest absolute Gasteiger partial charge is 0.251 e. The van der Waals surface area contributed by atoms with Crippen molar-refractivity contribution < 1.29 is 26.4 Å². The number of hydrogen-bond donors (Lipinski definition) is 1. The van der Waals surface area contributed by atoms with Gasteiger partial charge in [0.15, 0.2) is 17.5 Å². The van der Waals surface area contributed by atoms with Crippen molar-refractivity contribution >= 4 is 15.9 Å². The van der Waals surface area contributed by atoms with E-state index >= 15 is 0 Å². The number of piperidine rings is 1. The van der Waals surface area contributed by atoms with Crippen molar-refractivity contribution in [2.24, 2.45) is 0 Å². The van der Waals surface area contributed by atoms with Crippen LogP contribution in [0, 0.1) is 17.5 Å². The summed E-state index contributed by atoms with van der Waals surface area (Å²) in [6, 6.07) is 7.34. The third-order valence-electron chi connectivity index (χ3n) is 4.55. The topological polar surface area (TPSA) is 66.5 Å². The van der Waals surface area contributed by atoms with Crippen molar-refractivity contribution in [3.8, 4) is 0 Å². The molecule has 0 aliphatic carbocycles. The molecule has 28 heavy (non-hydrogen) atoms. The maximum Gasteiger partial charge on any atom is 0.251 e. The number of nitrogens with one attached hydrogen (secondary N) is 1. The highest BCUT2D eigenvalue weighted by Gasteiger charge is 2.26. The largest absolute Gasteiger partial charge is 0.348 e. The van der Waals surface area contributed by atoms with Crippen molar-refractivity contribution in [2.45, 2.75) is 30.7 Å². The molecule has 3 rings (SSSR count). The summed E-state index contributed by atoms with van der Waals surface area (Å²) in [5.74, 6) is -5.37. The molecule has 1 amide bonds. The molecule has 0 atom stereocenters. The highest BCUT2D eigenvalue weighted by Crippen LogP contribution is 2.21. The zero-order valence-corrected chi connectivity index (χ0v) is 15.7. The zero-order valence-electron chi connectivity index (χ0n) is 14.9. The van der Waals surface area contributed by atoms with Crippen LogP contribution in [0.3, 0.4) is 0 Å². The second kappa shape index (κ2) is 8.32. The molecule has 1 heterocycles. The average Bonchev–Trinajstić information content (AvgIpc) is 2.70. The number of carbonyl (C=O) groups excluding carboxylic acids is 1. The molecule has 150 valence electrons. The quantitative estimate of drug-likeness (QED) is 0.767. The van der Waals surface area contributed by atoms with Gasteiger partial charge in [-0.2, -0.15) is 4.31 Å². The van der Waals surface area contributed by atoms with Crippen LogP contribution < -0.4 is 5.32 Å². The first kappa shape index (κ1) is 20.3. The van der Waals surface area contributed by atoms with E-state index in [1.165, 1.54) is 16.4 Å². The van der Waals surface area contributed by atoms with Crippen LogP contribution in [-0.2, 0) is 16.6 Å². The molecule has 0 unspecified atom stereocenters. The molecule has 0 spiro atoms. The third-order valence-corrected chi connectivity index (χ3v) is 6.44. The summed E-state index contributed by atoms with van der Waals surface area (Å²) in [7, 11) is -3.61. The molecule has 0 bridgehead atoms. The van der Waals surface area contributed by atoms with Crippen LogP contribution in [0.5, 0.6) is 0 Å². The van der Waals surface area contributed by atoms with Crippen LogP contribution >= 0.6 is 0 Å². The molecule has 0 aromatic heterocycles. The van der Waals surface area contributed by atoms with E-state index in [9.17, 15) is 26.4 Å². The highest BCUT2D eigenvalue weighted by molar-refractivity contribution is 7.89. The van der Waals surface area contributed by atoms with Crippen molar-refractivity contribution in [3.63, 3.8) is 0 Å². The van der Waals surface area contributed by atoms with Crippen LogP contribution in [0.4, 0.5) is 13.2 Å². The maximum atomic E-state index is 13.3. The Hall–Kier alpha value is -2.39. The first-order valence-corrected chi connectivity index (χ1v) is 10.2. The first-order chi connectivity index (χ1) is 13.3. The molecule has 0 saturated carbocycles. The van der Waals surface area contributed by atoms with E-state index < -0.39 is 33.4 Å². The van der Waals surface area contributed by atoms with Gasteiger partial charge in [-0.05, 0) is 42.7 Å². The molecule has 1 saturated heterocycles. The SMILES string of the molecule is O=C(NCc1cccc(S(=O)(=O)N2CCCCC2)c1)c1cc(F)c(F)c(F)c1. The monoisotopic (exact) mass is 412 g/mol. The fourth-order valence-electron chi connectivity index (χ4n) is 3.04. The Morgan fingerprint density at radius 1 is 1.00 bits per heavy atom. The van der Waals surface area contributed by atoms with Gasteiger partial charge in [-0.25, -0.2) is 21.6 Å². The Bertz CT molecular complexity index is 967. The summed E-state index contributed by atoms with van der Waals surface area (Å²) in [4.78, 5) is 12.2. The third kappa shape index (κ3) is 4.36. The molecule has 5 nitrogen and oxygen atoms in total. The van der Waals surface area contributed by atoms with Crippen LogP contribution in [0.15, 0.2) is 41.3 Å². The number of sulfonamides is 1. The zero-order chi connectivity index (χ0) is 20.3. The average molecular weight is 412 g/mol. The van der Waals surface area contributed by atoms with Crippen LogP contribution in [-0.4, -0.2) is 31.7 Å². The van der Waals surface area contributed by atoms with E-state index in [2.05, 4.69) is 5.32 Å². The number of halogens is 3. The molecule has 1 aliphatic rings. The van der Waals surface area contributed by atoms with Gasteiger partial charge in [0.25, 0.3) is 5.91 Å². The first-order valence-electron chi connectivity index (χ1n) is 8.81. The summed E-state index contributed by atoms with van der Waals surface area (Å²) in [5, 5.41) is 2.44. The summed E-state index contributed by atoms with van der Waals surface area (Å²) in [6.45, 7) is 0.902. The van der Waals surface area contributed by atoms with Gasteiger partial charge in [0.1, 0.15) is 0 Å². The Morgan fingerprint density at radius 3 is 2.29 bits per heavy atom. The highest BCUT2D eigenvalue weighted by atomic mass is 32.2. The van der Waals surface area contributed by atoms with Crippen LogP contribution in [0.25, 0.3) is 0 Å². The lowest BCUT2D eigenvalue weighted by Crippen LogP contribution is -2.35. The van der Waals surface area contributed by atoms with E-state index in [1.54, 1.807) is 12.1 Å². The molecule has 9 heteroatoms. The van der Waals surface area contributed by atoms with E-state index in [4.69, 9.17) is 0 Å². The molecular weight excluding hydrogens is 393 g/mol. The van der Waals surface area contributed by atoms with Gasteiger partial charge in [-0.3, -0.25) is 4.79 Å². The second-order valence-electron chi connectivity index (χ2n) is 6.55. The van der Waals surface area contributed by atoms with Crippen molar-refractivity contribution in [2.75, 3.05) is 13.1 Å². The number of rotatable bonds is 5. The van der Waals surface area contributed by atoms with Crippen molar-refractivity contribution in [1.82, 2.24) is 9.62 Å². The molecule has 2 aromatic carbocycles. The molecule has 2 aromatic rings. The van der Waals surface area contributed by atoms with E-state index in [0.717, 1.165) is 19.3 Å². The van der Waals surface area contributed by atoms with Crippen molar-refractivity contribution in [1.29, 1.82) is 0 Å². The van der Waals surface area contributed by atoms with Gasteiger partial charge >= 0.3 is 0 Å². The number of amides is 1. The molecule has 0 radical (unpaired) electrons. The van der Waals surface area contributed by atoms with Gasteiger partial charge in [0, 0.05) is 25.2 Å². The minimum absolute atomic E-state index is 0.0528. The lowest BCUT2D eigenvalue weighted by molar-refractivity contribution is 0.0949. The predicted octanol–water partition coefficient (Wildman–Crippen LogP) is 3.21. The number of nitrogens with zero attached hydrogens (tertiary/aromatic N) is 1. The molecule has 1 N–H and O–H groups in total. The van der Waals surface area contributed by atoms with Crippen LogP contribution in [0.2, 0.25) is 0 Å². The summed E-state index contributed by atoms with van der Waals surface area (Å²) >= 11 is 0. The van der Waals surface area contributed by atoms with E-state index in [1.807, 2.05) is 0 Å². The lowest BCUT2D eigenvalue weighted by Gasteiger charge is -2.26. The Balaban J connectivity index is 1.72. The number of benzene rings is 2. The Labute approximate surface area is 161 Å². The standard InChI is InChI=1S/C19H19F3N2O3S/c20-16-10-14(11-17(21)18(16)22)19(25)23-12-13-5-4-6-15(9-13)28(26,27)24-7-2-1-3-8-24/h4-6,9-11H,1-3,7-8,12H2,(H,23,25). The molecule has 1 aliphatic heterocycles. The summed E-state index contributed by atoms with van der Waals surface area (Å²) in [5.41, 5.74) is 0.142. The Morgan fingerprint density at radius 2 is 1.64 bits per heavy atom. The van der Waals surface area contributed by atoms with Crippen LogP contribution in [0.1, 0.15) is 35.2 Å². The normalized spacial score (nSPS) is 15.4. The number of carbonyl (C=O) groups is 1.